The van der Waals surface area contributed by atoms with E-state index in [-0.39, 0.29) is 12.5 Å². The Morgan fingerprint density at radius 1 is 1.25 bits per heavy atom. The van der Waals surface area contributed by atoms with E-state index in [1.807, 2.05) is 30.1 Å². The number of aliphatic hydroxyl groups is 1. The third-order valence-electron chi connectivity index (χ3n) is 3.42. The van der Waals surface area contributed by atoms with Crippen LogP contribution >= 0.6 is 0 Å². The van der Waals surface area contributed by atoms with Crippen molar-refractivity contribution in [2.24, 2.45) is 13.0 Å². The molecule has 2 aromatic rings. The highest BCUT2D eigenvalue weighted by Crippen LogP contribution is 2.11. The summed E-state index contributed by atoms with van der Waals surface area (Å²) in [6.07, 6.45) is 3.79. The molecule has 1 N–H and O–H groups in total. The Balaban J connectivity index is 2.06. The monoisotopic (exact) mass is 273 g/mol. The molecule has 0 saturated heterocycles. The molecule has 0 bridgehead atoms. The van der Waals surface area contributed by atoms with Gasteiger partial charge in [-0.1, -0.05) is 37.3 Å². The maximum Gasteiger partial charge on any atom is 0.122 e. The quantitative estimate of drug-likeness (QED) is 0.839. The fourth-order valence-electron chi connectivity index (χ4n) is 2.27. The summed E-state index contributed by atoms with van der Waals surface area (Å²) in [6, 6.07) is 10.4. The van der Waals surface area contributed by atoms with Crippen LogP contribution < -0.4 is 0 Å². The van der Waals surface area contributed by atoms with Crippen LogP contribution in [0.3, 0.4) is 0 Å². The van der Waals surface area contributed by atoms with Crippen molar-refractivity contribution in [1.29, 1.82) is 0 Å². The van der Waals surface area contributed by atoms with Crippen LogP contribution in [0.2, 0.25) is 0 Å². The largest absolute Gasteiger partial charge is 0.396 e. The molecule has 108 valence electrons. The third kappa shape index (κ3) is 4.18. The molecule has 20 heavy (non-hydrogen) atoms. The summed E-state index contributed by atoms with van der Waals surface area (Å²) >= 11 is 0. The molecule has 0 radical (unpaired) electrons. The van der Waals surface area contributed by atoms with Gasteiger partial charge in [0, 0.05) is 39.1 Å². The summed E-state index contributed by atoms with van der Waals surface area (Å²) in [5, 5.41) is 9.28. The first-order valence-electron chi connectivity index (χ1n) is 7.02. The van der Waals surface area contributed by atoms with Crippen LogP contribution in [0.4, 0.5) is 0 Å². The predicted octanol–water partition coefficient (Wildman–Crippen LogP) is 2.05. The minimum atomic E-state index is 0.214. The van der Waals surface area contributed by atoms with Crippen LogP contribution in [0, 0.1) is 5.92 Å². The lowest BCUT2D eigenvalue weighted by atomic mass is 10.1. The van der Waals surface area contributed by atoms with Gasteiger partial charge in [0.2, 0.25) is 0 Å². The lowest BCUT2D eigenvalue weighted by Crippen LogP contribution is -2.30. The highest BCUT2D eigenvalue weighted by atomic mass is 16.3. The number of hydrogen-bond donors (Lipinski definition) is 1. The van der Waals surface area contributed by atoms with Gasteiger partial charge in [0.25, 0.3) is 0 Å². The lowest BCUT2D eigenvalue weighted by Gasteiger charge is -2.24. The van der Waals surface area contributed by atoms with Crippen molar-refractivity contribution < 1.29 is 5.11 Å². The normalized spacial score (nSPS) is 12.8. The van der Waals surface area contributed by atoms with Crippen molar-refractivity contribution in [2.45, 2.75) is 20.0 Å². The molecule has 0 aliphatic heterocycles. The Morgan fingerprint density at radius 2 is 2.00 bits per heavy atom. The first kappa shape index (κ1) is 14.8. The Kier molecular flexibility index (Phi) is 5.32. The van der Waals surface area contributed by atoms with Crippen LogP contribution in [0.1, 0.15) is 18.3 Å². The molecule has 4 nitrogen and oxygen atoms in total. The molecule has 0 saturated carbocycles. The fraction of sp³-hybridized carbons (Fsp3) is 0.438. The van der Waals surface area contributed by atoms with E-state index in [4.69, 9.17) is 0 Å². The summed E-state index contributed by atoms with van der Waals surface area (Å²) in [4.78, 5) is 6.72. The number of aryl methyl sites for hydroxylation is 1. The van der Waals surface area contributed by atoms with E-state index in [0.717, 1.165) is 25.5 Å². The Bertz CT molecular complexity index is 509. The van der Waals surface area contributed by atoms with E-state index in [1.54, 1.807) is 0 Å². The molecule has 4 heteroatoms. The molecule has 0 amide bonds. The molecule has 0 aliphatic carbocycles. The molecule has 1 aromatic carbocycles. The molecule has 0 aliphatic rings. The second-order valence-corrected chi connectivity index (χ2v) is 5.40. The van der Waals surface area contributed by atoms with Gasteiger partial charge in [0.15, 0.2) is 0 Å². The fourth-order valence-corrected chi connectivity index (χ4v) is 2.27. The number of benzene rings is 1. The van der Waals surface area contributed by atoms with Crippen LogP contribution in [0.15, 0.2) is 42.7 Å². The van der Waals surface area contributed by atoms with Gasteiger partial charge in [-0.05, 0) is 11.5 Å². The zero-order chi connectivity index (χ0) is 14.4. The second kappa shape index (κ2) is 7.22. The van der Waals surface area contributed by atoms with E-state index in [9.17, 15) is 5.11 Å². The van der Waals surface area contributed by atoms with E-state index in [0.29, 0.717) is 0 Å². The first-order chi connectivity index (χ1) is 9.69. The lowest BCUT2D eigenvalue weighted by molar-refractivity contribution is 0.160. The van der Waals surface area contributed by atoms with Crippen molar-refractivity contribution >= 4 is 0 Å². The van der Waals surface area contributed by atoms with Gasteiger partial charge in [-0.3, -0.25) is 4.90 Å². The summed E-state index contributed by atoms with van der Waals surface area (Å²) in [5.74, 6) is 1.31. The molecule has 1 aromatic heterocycles. The molecule has 0 fully saturated rings. The molecule has 1 atom stereocenters. The average Bonchev–Trinajstić information content (AvgIpc) is 2.85. The molecular formula is C16H23N3O. The standard InChI is InChI=1S/C16H23N3O/c1-14(13-20)10-19(11-15-6-4-3-5-7-15)12-16-17-8-9-18(16)2/h3-9,14,20H,10-13H2,1-2H3. The minimum absolute atomic E-state index is 0.214. The van der Waals surface area contributed by atoms with Gasteiger partial charge in [-0.15, -0.1) is 0 Å². The zero-order valence-corrected chi connectivity index (χ0v) is 12.2. The summed E-state index contributed by atoms with van der Waals surface area (Å²) in [5.41, 5.74) is 1.28. The number of nitrogens with zero attached hydrogens (tertiary/aromatic N) is 3. The van der Waals surface area contributed by atoms with Gasteiger partial charge >= 0.3 is 0 Å². The van der Waals surface area contributed by atoms with Gasteiger partial charge in [0.05, 0.1) is 6.54 Å². The molecule has 0 spiro atoms. The van der Waals surface area contributed by atoms with E-state index in [2.05, 4.69) is 41.1 Å². The van der Waals surface area contributed by atoms with Crippen molar-refractivity contribution in [2.75, 3.05) is 13.2 Å². The van der Waals surface area contributed by atoms with Crippen molar-refractivity contribution in [3.63, 3.8) is 0 Å². The molecule has 2 rings (SSSR count). The van der Waals surface area contributed by atoms with Crippen LogP contribution in [0.25, 0.3) is 0 Å². The van der Waals surface area contributed by atoms with Gasteiger partial charge in [-0.25, -0.2) is 4.98 Å². The molecule has 1 heterocycles. The Morgan fingerprint density at radius 3 is 2.60 bits per heavy atom. The second-order valence-electron chi connectivity index (χ2n) is 5.40. The smallest absolute Gasteiger partial charge is 0.122 e. The highest BCUT2D eigenvalue weighted by Gasteiger charge is 2.13. The maximum atomic E-state index is 9.28. The van der Waals surface area contributed by atoms with Gasteiger partial charge in [0.1, 0.15) is 5.82 Å². The number of imidazole rings is 1. The van der Waals surface area contributed by atoms with Gasteiger partial charge < -0.3 is 9.67 Å². The Labute approximate surface area is 120 Å². The third-order valence-corrected chi connectivity index (χ3v) is 3.42. The predicted molar refractivity (Wildman–Crippen MR) is 80.0 cm³/mol. The van der Waals surface area contributed by atoms with E-state index >= 15 is 0 Å². The van der Waals surface area contributed by atoms with Crippen LogP contribution in [0.5, 0.6) is 0 Å². The van der Waals surface area contributed by atoms with Crippen molar-refractivity contribution in [3.8, 4) is 0 Å². The topological polar surface area (TPSA) is 41.3 Å². The number of aromatic nitrogens is 2. The van der Waals surface area contributed by atoms with E-state index < -0.39 is 0 Å². The van der Waals surface area contributed by atoms with Crippen molar-refractivity contribution in [1.82, 2.24) is 14.5 Å². The molecular weight excluding hydrogens is 250 g/mol. The van der Waals surface area contributed by atoms with Crippen molar-refractivity contribution in [3.05, 3.63) is 54.1 Å². The maximum absolute atomic E-state index is 9.28. The van der Waals surface area contributed by atoms with Crippen LogP contribution in [-0.2, 0) is 20.1 Å². The number of aliphatic hydroxyl groups excluding tert-OH is 1. The van der Waals surface area contributed by atoms with E-state index in [1.165, 1.54) is 5.56 Å². The number of rotatable bonds is 7. The van der Waals surface area contributed by atoms with Gasteiger partial charge in [-0.2, -0.15) is 0 Å². The first-order valence-corrected chi connectivity index (χ1v) is 7.02. The minimum Gasteiger partial charge on any atom is -0.396 e. The van der Waals surface area contributed by atoms with Crippen LogP contribution in [-0.4, -0.2) is 32.7 Å². The molecule has 1 unspecified atom stereocenters. The summed E-state index contributed by atoms with van der Waals surface area (Å²) in [7, 11) is 2.01. The Hall–Kier alpha value is -1.65. The highest BCUT2D eigenvalue weighted by molar-refractivity contribution is 5.14. The summed E-state index contributed by atoms with van der Waals surface area (Å²) in [6.45, 7) is 4.81. The summed E-state index contributed by atoms with van der Waals surface area (Å²) < 4.78 is 2.04. The SMILES string of the molecule is CC(CO)CN(Cc1ccccc1)Cc1nccn1C. The average molecular weight is 273 g/mol. The zero-order valence-electron chi connectivity index (χ0n) is 12.2. The number of hydrogen-bond acceptors (Lipinski definition) is 3.